The van der Waals surface area contributed by atoms with Crippen LogP contribution in [0.1, 0.15) is 34.4 Å². The Bertz CT molecular complexity index is 512. The fraction of sp³-hybridized carbons (Fsp3) is 0.214. The second-order valence-electron chi connectivity index (χ2n) is 3.87. The Balaban J connectivity index is 2.26. The van der Waals surface area contributed by atoms with Crippen LogP contribution >= 0.6 is 0 Å². The molecule has 0 atom stereocenters. The van der Waals surface area contributed by atoms with E-state index in [0.717, 1.165) is 5.56 Å². The van der Waals surface area contributed by atoms with E-state index in [1.54, 1.807) is 6.07 Å². The molecule has 0 unspecified atom stereocenters. The van der Waals surface area contributed by atoms with Gasteiger partial charge < -0.3 is 9.52 Å². The zero-order chi connectivity index (χ0) is 12.3. The summed E-state index contributed by atoms with van der Waals surface area (Å²) >= 11 is 0. The number of carboxylic acid groups (broad SMARTS) is 1. The van der Waals surface area contributed by atoms with Crippen molar-refractivity contribution in [3.63, 3.8) is 0 Å². The maximum Gasteiger partial charge on any atom is 0.339 e. The number of hydrogen-bond donors (Lipinski definition) is 1. The largest absolute Gasteiger partial charge is 0.478 e. The third-order valence-electron chi connectivity index (χ3n) is 2.63. The van der Waals surface area contributed by atoms with Crippen molar-refractivity contribution in [2.45, 2.75) is 19.8 Å². The molecule has 3 heteroatoms. The van der Waals surface area contributed by atoms with E-state index in [1.165, 1.54) is 0 Å². The van der Waals surface area contributed by atoms with Crippen LogP contribution in [0.2, 0.25) is 0 Å². The number of aromatic carboxylic acids is 1. The molecule has 0 saturated heterocycles. The fourth-order valence-corrected chi connectivity index (χ4v) is 1.81. The van der Waals surface area contributed by atoms with Crippen LogP contribution in [-0.2, 0) is 12.8 Å². The van der Waals surface area contributed by atoms with Gasteiger partial charge in [-0.2, -0.15) is 0 Å². The lowest BCUT2D eigenvalue weighted by atomic mass is 10.1. The van der Waals surface area contributed by atoms with E-state index in [-0.39, 0.29) is 5.56 Å². The quantitative estimate of drug-likeness (QED) is 0.877. The second-order valence-corrected chi connectivity index (χ2v) is 3.87. The van der Waals surface area contributed by atoms with Gasteiger partial charge in [-0.25, -0.2) is 4.79 Å². The Morgan fingerprint density at radius 1 is 1.29 bits per heavy atom. The monoisotopic (exact) mass is 230 g/mol. The number of benzene rings is 1. The lowest BCUT2D eigenvalue weighted by Gasteiger charge is -1.96. The van der Waals surface area contributed by atoms with Gasteiger partial charge in [-0.05, 0) is 11.6 Å². The summed E-state index contributed by atoms with van der Waals surface area (Å²) in [6.07, 6.45) is 1.22. The van der Waals surface area contributed by atoms with Crippen LogP contribution in [0.25, 0.3) is 0 Å². The van der Waals surface area contributed by atoms with Crippen LogP contribution in [-0.4, -0.2) is 11.1 Å². The van der Waals surface area contributed by atoms with Gasteiger partial charge in [0.25, 0.3) is 0 Å². The van der Waals surface area contributed by atoms with Gasteiger partial charge in [0.2, 0.25) is 0 Å². The third-order valence-corrected chi connectivity index (χ3v) is 2.63. The summed E-state index contributed by atoms with van der Waals surface area (Å²) in [5.41, 5.74) is 1.39. The summed E-state index contributed by atoms with van der Waals surface area (Å²) in [4.78, 5) is 11.0. The molecule has 1 aromatic heterocycles. The second kappa shape index (κ2) is 4.87. The van der Waals surface area contributed by atoms with E-state index in [0.29, 0.717) is 24.4 Å². The molecule has 0 aliphatic heterocycles. The first-order valence-electron chi connectivity index (χ1n) is 5.59. The molecule has 0 fully saturated rings. The molecule has 0 aliphatic rings. The molecule has 0 saturated carbocycles. The van der Waals surface area contributed by atoms with Crippen LogP contribution in [0.15, 0.2) is 40.8 Å². The van der Waals surface area contributed by atoms with Gasteiger partial charge in [-0.3, -0.25) is 0 Å². The van der Waals surface area contributed by atoms with E-state index >= 15 is 0 Å². The Hall–Kier alpha value is -2.03. The number of furan rings is 1. The maximum absolute atomic E-state index is 11.0. The molecule has 0 spiro atoms. The molecule has 3 nitrogen and oxygen atoms in total. The van der Waals surface area contributed by atoms with Crippen LogP contribution in [0.5, 0.6) is 0 Å². The van der Waals surface area contributed by atoms with Crippen LogP contribution in [0.4, 0.5) is 0 Å². The highest BCUT2D eigenvalue weighted by Crippen LogP contribution is 2.19. The van der Waals surface area contributed by atoms with E-state index < -0.39 is 5.97 Å². The van der Waals surface area contributed by atoms with Crippen LogP contribution < -0.4 is 0 Å². The van der Waals surface area contributed by atoms with E-state index in [9.17, 15) is 4.79 Å². The van der Waals surface area contributed by atoms with Crippen molar-refractivity contribution in [3.8, 4) is 0 Å². The summed E-state index contributed by atoms with van der Waals surface area (Å²) in [5.74, 6) is 0.318. The van der Waals surface area contributed by atoms with E-state index in [4.69, 9.17) is 9.52 Å². The highest BCUT2D eigenvalue weighted by atomic mass is 16.4. The van der Waals surface area contributed by atoms with Gasteiger partial charge in [0.1, 0.15) is 17.1 Å². The molecule has 0 amide bonds. The topological polar surface area (TPSA) is 50.4 Å². The van der Waals surface area contributed by atoms with E-state index in [2.05, 4.69) is 0 Å². The first-order valence-corrected chi connectivity index (χ1v) is 5.59. The normalized spacial score (nSPS) is 10.4. The van der Waals surface area contributed by atoms with Crippen molar-refractivity contribution in [1.29, 1.82) is 0 Å². The van der Waals surface area contributed by atoms with Gasteiger partial charge in [-0.15, -0.1) is 0 Å². The molecule has 1 heterocycles. The van der Waals surface area contributed by atoms with Crippen molar-refractivity contribution >= 4 is 5.97 Å². The number of rotatable bonds is 4. The summed E-state index contributed by atoms with van der Waals surface area (Å²) in [6, 6.07) is 11.5. The van der Waals surface area contributed by atoms with E-state index in [1.807, 2.05) is 37.3 Å². The first-order chi connectivity index (χ1) is 8.20. The molecular formula is C14H14O3. The predicted molar refractivity (Wildman–Crippen MR) is 64.3 cm³/mol. The van der Waals surface area contributed by atoms with Crippen LogP contribution in [0, 0.1) is 0 Å². The minimum absolute atomic E-state index is 0.276. The van der Waals surface area contributed by atoms with Gasteiger partial charge in [0.15, 0.2) is 0 Å². The van der Waals surface area contributed by atoms with Crippen molar-refractivity contribution in [3.05, 3.63) is 59.0 Å². The first kappa shape index (κ1) is 11.5. The summed E-state index contributed by atoms with van der Waals surface area (Å²) in [5, 5.41) is 9.02. The lowest BCUT2D eigenvalue weighted by molar-refractivity contribution is 0.0694. The van der Waals surface area contributed by atoms with Gasteiger partial charge >= 0.3 is 5.97 Å². The molecule has 0 radical (unpaired) electrons. The number of carbonyl (C=O) groups is 1. The number of hydrogen-bond acceptors (Lipinski definition) is 2. The SMILES string of the molecule is CCc1oc(Cc2ccccc2)cc1C(=O)O. The standard InChI is InChI=1S/C14H14O3/c1-2-13-12(14(15)16)9-11(17-13)8-10-6-4-3-5-7-10/h3-7,9H,2,8H2,1H3,(H,15,16). The fourth-order valence-electron chi connectivity index (χ4n) is 1.81. The Kier molecular flexibility index (Phi) is 3.28. The summed E-state index contributed by atoms with van der Waals surface area (Å²) in [6.45, 7) is 1.89. The molecule has 1 N–H and O–H groups in total. The summed E-state index contributed by atoms with van der Waals surface area (Å²) in [7, 11) is 0. The average molecular weight is 230 g/mol. The van der Waals surface area contributed by atoms with Gasteiger partial charge in [-0.1, -0.05) is 37.3 Å². The predicted octanol–water partition coefficient (Wildman–Crippen LogP) is 3.13. The molecule has 2 rings (SSSR count). The lowest BCUT2D eigenvalue weighted by Crippen LogP contribution is -1.97. The molecular weight excluding hydrogens is 216 g/mol. The number of carboxylic acids is 1. The summed E-state index contributed by atoms with van der Waals surface area (Å²) < 4.78 is 5.55. The minimum Gasteiger partial charge on any atom is -0.478 e. The van der Waals surface area contributed by atoms with Gasteiger partial charge in [0, 0.05) is 12.8 Å². The Morgan fingerprint density at radius 2 is 2.00 bits per heavy atom. The maximum atomic E-state index is 11.0. The molecule has 17 heavy (non-hydrogen) atoms. The smallest absolute Gasteiger partial charge is 0.339 e. The highest BCUT2D eigenvalue weighted by molar-refractivity contribution is 5.88. The molecule has 88 valence electrons. The zero-order valence-corrected chi connectivity index (χ0v) is 9.64. The molecule has 2 aromatic rings. The van der Waals surface area contributed by atoms with Gasteiger partial charge in [0.05, 0.1) is 0 Å². The Labute approximate surface area is 99.7 Å². The number of aryl methyl sites for hydroxylation is 1. The molecule has 0 aliphatic carbocycles. The van der Waals surface area contributed by atoms with Crippen LogP contribution in [0.3, 0.4) is 0 Å². The Morgan fingerprint density at radius 3 is 2.53 bits per heavy atom. The highest BCUT2D eigenvalue weighted by Gasteiger charge is 2.15. The van der Waals surface area contributed by atoms with Crippen molar-refractivity contribution < 1.29 is 14.3 Å². The minimum atomic E-state index is -0.926. The van der Waals surface area contributed by atoms with Crippen molar-refractivity contribution in [2.75, 3.05) is 0 Å². The molecule has 0 bridgehead atoms. The van der Waals surface area contributed by atoms with Crippen molar-refractivity contribution in [1.82, 2.24) is 0 Å². The zero-order valence-electron chi connectivity index (χ0n) is 9.64. The molecule has 1 aromatic carbocycles. The average Bonchev–Trinajstić information content (AvgIpc) is 2.73. The third kappa shape index (κ3) is 2.56. The van der Waals surface area contributed by atoms with Crippen molar-refractivity contribution in [2.24, 2.45) is 0 Å².